The summed E-state index contributed by atoms with van der Waals surface area (Å²) in [7, 11) is 0. The van der Waals surface area contributed by atoms with Gasteiger partial charge in [0.05, 0.1) is 4.92 Å². The third-order valence-corrected chi connectivity index (χ3v) is 3.57. The van der Waals surface area contributed by atoms with Crippen LogP contribution in [0, 0.1) is 10.1 Å². The molecule has 0 bridgehead atoms. The molecule has 0 radical (unpaired) electrons. The van der Waals surface area contributed by atoms with Crippen molar-refractivity contribution in [3.8, 4) is 0 Å². The number of carbonyl (C=O) groups excluding carboxylic acids is 1. The molecule has 1 rings (SSSR count). The molecule has 0 aromatic heterocycles. The summed E-state index contributed by atoms with van der Waals surface area (Å²) >= 11 is 5.96. The number of carbonyl (C=O) groups is 1. The minimum Gasteiger partial charge on any atom is -0.341 e. The predicted molar refractivity (Wildman–Crippen MR) is 70.6 cm³/mol. The molecule has 0 aliphatic rings. The quantitative estimate of drug-likeness (QED) is 0.385. The topological polar surface area (TPSA) is 72.2 Å². The average Bonchev–Trinajstić information content (AvgIpc) is 2.26. The van der Waals surface area contributed by atoms with Gasteiger partial charge in [-0.15, -0.1) is 0 Å². The van der Waals surface area contributed by atoms with Crippen molar-refractivity contribution in [1.29, 1.82) is 0 Å². The summed E-state index contributed by atoms with van der Waals surface area (Å²) in [6.07, 6.45) is 0. The minimum absolute atomic E-state index is 0.344. The molecule has 17 heavy (non-hydrogen) atoms. The fraction of sp³-hybridized carbons (Fsp3) is 0.300. The van der Waals surface area contributed by atoms with E-state index in [0.717, 1.165) is 0 Å². The minimum atomic E-state index is -1.63. The highest BCUT2D eigenvalue weighted by Crippen LogP contribution is 2.39. The lowest BCUT2D eigenvalue weighted by molar-refractivity contribution is -0.509. The number of nitro groups is 1. The summed E-state index contributed by atoms with van der Waals surface area (Å²) in [6, 6.07) is 7.91. The van der Waals surface area contributed by atoms with Crippen LogP contribution in [0.4, 0.5) is 0 Å². The van der Waals surface area contributed by atoms with E-state index in [9.17, 15) is 14.9 Å². The summed E-state index contributed by atoms with van der Waals surface area (Å²) in [5.41, 5.74) is 0.633. The van der Waals surface area contributed by atoms with E-state index >= 15 is 0 Å². The molecule has 0 saturated heterocycles. The Morgan fingerprint density at radius 2 is 1.94 bits per heavy atom. The molecule has 1 unspecified atom stereocenters. The van der Waals surface area contributed by atoms with Crippen LogP contribution in [0.2, 0.25) is 0 Å². The summed E-state index contributed by atoms with van der Waals surface area (Å²) < 4.78 is -1.63. The number of alkyl halides is 2. The molecule has 0 fully saturated rings. The van der Waals surface area contributed by atoms with Crippen LogP contribution < -0.4 is 5.32 Å². The van der Waals surface area contributed by atoms with E-state index < -0.39 is 14.3 Å². The molecule has 1 aromatic rings. The van der Waals surface area contributed by atoms with Crippen LogP contribution in [-0.4, -0.2) is 14.2 Å². The molecule has 0 saturated carbocycles. The van der Waals surface area contributed by atoms with Gasteiger partial charge in [-0.2, -0.15) is 0 Å². The largest absolute Gasteiger partial charge is 0.350 e. The third-order valence-electron chi connectivity index (χ3n) is 2.07. The summed E-state index contributed by atoms with van der Waals surface area (Å²) in [4.78, 5) is 21.6. The lowest BCUT2D eigenvalue weighted by Gasteiger charge is -2.24. The molecule has 92 valence electrons. The van der Waals surface area contributed by atoms with Gasteiger partial charge in [0.25, 0.3) is 0 Å². The van der Waals surface area contributed by atoms with Gasteiger partial charge in [-0.3, -0.25) is 14.9 Å². The van der Waals surface area contributed by atoms with Crippen molar-refractivity contribution >= 4 is 37.8 Å². The lowest BCUT2D eigenvalue weighted by atomic mass is 10.1. The second-order valence-electron chi connectivity index (χ2n) is 3.39. The monoisotopic (exact) mass is 364 g/mol. The van der Waals surface area contributed by atoms with Crippen molar-refractivity contribution in [2.75, 3.05) is 0 Å². The molecule has 1 atom stereocenters. The molecule has 1 aromatic carbocycles. The Balaban J connectivity index is 3.13. The van der Waals surface area contributed by atoms with Crippen LogP contribution in [0.15, 0.2) is 30.3 Å². The van der Waals surface area contributed by atoms with E-state index in [-0.39, 0.29) is 5.91 Å². The predicted octanol–water partition coefficient (Wildman–Crippen LogP) is 2.58. The van der Waals surface area contributed by atoms with Crippen molar-refractivity contribution in [2.24, 2.45) is 0 Å². The molecule has 1 N–H and O–H groups in total. The first-order chi connectivity index (χ1) is 7.85. The van der Waals surface area contributed by atoms with Gasteiger partial charge in [0.2, 0.25) is 5.91 Å². The SMILES string of the molecule is CC(=O)NC(c1ccccc1)C(Br)(Br)[N+](=O)[O-]. The number of hydrogen-bond donors (Lipinski definition) is 1. The Morgan fingerprint density at radius 3 is 2.35 bits per heavy atom. The van der Waals surface area contributed by atoms with Gasteiger partial charge in [0.15, 0.2) is 0 Å². The van der Waals surface area contributed by atoms with Gasteiger partial charge in [-0.05, 0) is 5.56 Å². The zero-order chi connectivity index (χ0) is 13.1. The molecule has 5 nitrogen and oxygen atoms in total. The maximum atomic E-state index is 11.1. The zero-order valence-corrected chi connectivity index (χ0v) is 12.1. The molecule has 0 aliphatic heterocycles. The number of halogens is 2. The molecule has 0 heterocycles. The van der Waals surface area contributed by atoms with E-state index in [2.05, 4.69) is 37.2 Å². The van der Waals surface area contributed by atoms with Crippen LogP contribution in [0.1, 0.15) is 18.5 Å². The maximum absolute atomic E-state index is 11.1. The standard InChI is InChI=1S/C10H10Br2N2O3/c1-7(15)13-9(10(11,12)14(16)17)8-5-3-2-4-6-8/h2-6,9H,1H3,(H,13,15). The van der Waals surface area contributed by atoms with Crippen LogP contribution >= 0.6 is 31.9 Å². The highest BCUT2D eigenvalue weighted by atomic mass is 79.9. The Hall–Kier alpha value is -0.950. The van der Waals surface area contributed by atoms with Crippen LogP contribution in [0.25, 0.3) is 0 Å². The van der Waals surface area contributed by atoms with E-state index in [0.29, 0.717) is 5.56 Å². The van der Waals surface area contributed by atoms with Gasteiger partial charge in [0, 0.05) is 38.8 Å². The van der Waals surface area contributed by atoms with Gasteiger partial charge in [-0.1, -0.05) is 30.3 Å². The number of nitrogens with one attached hydrogen (secondary N) is 1. The fourth-order valence-corrected chi connectivity index (χ4v) is 2.08. The van der Waals surface area contributed by atoms with Crippen LogP contribution in [-0.2, 0) is 4.79 Å². The normalized spacial score (nSPS) is 12.9. The number of amides is 1. The van der Waals surface area contributed by atoms with Crippen molar-refractivity contribution in [1.82, 2.24) is 5.32 Å². The third kappa shape index (κ3) is 3.50. The second-order valence-corrected chi connectivity index (χ2v) is 6.87. The maximum Gasteiger partial charge on any atom is 0.350 e. The molecular formula is C10H10Br2N2O3. The van der Waals surface area contributed by atoms with Gasteiger partial charge in [0.1, 0.15) is 6.04 Å². The Bertz CT molecular complexity index is 423. The smallest absolute Gasteiger partial charge is 0.341 e. The van der Waals surface area contributed by atoms with E-state index in [4.69, 9.17) is 0 Å². The zero-order valence-electron chi connectivity index (χ0n) is 8.89. The van der Waals surface area contributed by atoms with E-state index in [1.165, 1.54) is 6.92 Å². The van der Waals surface area contributed by atoms with Crippen molar-refractivity contribution in [2.45, 2.75) is 16.3 Å². The van der Waals surface area contributed by atoms with Crippen molar-refractivity contribution in [3.05, 3.63) is 46.0 Å². The summed E-state index contributed by atoms with van der Waals surface area (Å²) in [5.74, 6) is -0.344. The van der Waals surface area contributed by atoms with Crippen molar-refractivity contribution in [3.63, 3.8) is 0 Å². The summed E-state index contributed by atoms with van der Waals surface area (Å²) in [6.45, 7) is 1.31. The molecular weight excluding hydrogens is 356 g/mol. The Morgan fingerprint density at radius 1 is 1.41 bits per heavy atom. The number of benzene rings is 1. The highest BCUT2D eigenvalue weighted by Gasteiger charge is 2.47. The van der Waals surface area contributed by atoms with Gasteiger partial charge >= 0.3 is 3.36 Å². The van der Waals surface area contributed by atoms with Crippen molar-refractivity contribution < 1.29 is 9.72 Å². The first-order valence-corrected chi connectivity index (χ1v) is 6.28. The van der Waals surface area contributed by atoms with Crippen LogP contribution in [0.3, 0.4) is 0 Å². The highest BCUT2D eigenvalue weighted by molar-refractivity contribution is 9.25. The average molecular weight is 366 g/mol. The molecule has 0 spiro atoms. The Labute approximate surface area is 115 Å². The number of hydrogen-bond acceptors (Lipinski definition) is 3. The van der Waals surface area contributed by atoms with E-state index in [1.54, 1.807) is 30.3 Å². The fourth-order valence-electron chi connectivity index (χ4n) is 1.32. The van der Waals surface area contributed by atoms with Gasteiger partial charge in [-0.25, -0.2) is 0 Å². The lowest BCUT2D eigenvalue weighted by Crippen LogP contribution is -2.42. The summed E-state index contributed by atoms with van der Waals surface area (Å²) in [5, 5.41) is 13.5. The first-order valence-electron chi connectivity index (χ1n) is 4.70. The van der Waals surface area contributed by atoms with Crippen LogP contribution in [0.5, 0.6) is 0 Å². The molecule has 1 amide bonds. The van der Waals surface area contributed by atoms with Gasteiger partial charge < -0.3 is 5.32 Å². The molecule has 7 heteroatoms. The number of rotatable bonds is 4. The number of nitrogens with zero attached hydrogens (tertiary/aromatic N) is 1. The Kier molecular flexibility index (Phi) is 4.64. The first kappa shape index (κ1) is 14.1. The molecule has 0 aliphatic carbocycles. The second kappa shape index (κ2) is 5.59. The van der Waals surface area contributed by atoms with E-state index in [1.807, 2.05) is 0 Å².